The third-order valence-corrected chi connectivity index (χ3v) is 2.94. The lowest BCUT2D eigenvalue weighted by molar-refractivity contribution is 0.174. The maximum Gasteiger partial charge on any atom is 0.252 e. The van der Waals surface area contributed by atoms with Crippen LogP contribution in [0.25, 0.3) is 0 Å². The molecule has 0 radical (unpaired) electrons. The van der Waals surface area contributed by atoms with Crippen LogP contribution in [0.2, 0.25) is 0 Å². The predicted octanol–water partition coefficient (Wildman–Crippen LogP) is 2.19. The Morgan fingerprint density at radius 2 is 2.15 bits per heavy atom. The number of hydrogen-bond donors (Lipinski definition) is 2. The summed E-state index contributed by atoms with van der Waals surface area (Å²) in [7, 11) is 0. The molecule has 2 aromatic rings. The zero-order valence-corrected chi connectivity index (χ0v) is 11.1. The fraction of sp³-hybridized carbons (Fsp3) is 0.286. The molecule has 0 unspecified atom stereocenters. The summed E-state index contributed by atoms with van der Waals surface area (Å²) in [4.78, 5) is 18.6. The molecular formula is C14H15N3O3. The normalized spacial score (nSPS) is 12.4. The molecule has 2 N–H and O–H groups in total. The highest BCUT2D eigenvalue weighted by Crippen LogP contribution is 2.34. The van der Waals surface area contributed by atoms with Crippen molar-refractivity contribution in [2.45, 2.75) is 19.8 Å². The van der Waals surface area contributed by atoms with Crippen molar-refractivity contribution in [3.05, 3.63) is 40.3 Å². The summed E-state index contributed by atoms with van der Waals surface area (Å²) in [5, 5.41) is 3.07. The molecule has 0 spiro atoms. The minimum atomic E-state index is -0.160. The quantitative estimate of drug-likeness (QED) is 0.893. The molecule has 0 atom stereocenters. The number of nitrogens with zero attached hydrogens (tertiary/aromatic N) is 1. The van der Waals surface area contributed by atoms with E-state index in [0.717, 1.165) is 30.0 Å². The zero-order valence-electron chi connectivity index (χ0n) is 11.1. The molecule has 2 heterocycles. The van der Waals surface area contributed by atoms with Crippen LogP contribution in [0.5, 0.6) is 11.5 Å². The highest BCUT2D eigenvalue weighted by Gasteiger charge is 2.13. The van der Waals surface area contributed by atoms with E-state index in [2.05, 4.69) is 15.3 Å². The van der Waals surface area contributed by atoms with Crippen LogP contribution in [-0.2, 0) is 6.42 Å². The van der Waals surface area contributed by atoms with Crippen LogP contribution in [0.4, 0.5) is 11.6 Å². The van der Waals surface area contributed by atoms with E-state index < -0.39 is 0 Å². The number of hydrogen-bond acceptors (Lipinski definition) is 5. The average molecular weight is 273 g/mol. The van der Waals surface area contributed by atoms with Crippen molar-refractivity contribution in [1.82, 2.24) is 9.97 Å². The molecule has 0 aliphatic carbocycles. The van der Waals surface area contributed by atoms with Crippen molar-refractivity contribution in [3.8, 4) is 11.5 Å². The van der Waals surface area contributed by atoms with Crippen LogP contribution in [-0.4, -0.2) is 16.8 Å². The summed E-state index contributed by atoms with van der Waals surface area (Å²) in [6.07, 6.45) is 1.72. The second kappa shape index (κ2) is 5.24. The maximum absolute atomic E-state index is 11.6. The maximum atomic E-state index is 11.6. The summed E-state index contributed by atoms with van der Waals surface area (Å²) in [5.74, 6) is 1.83. The Hall–Kier alpha value is -2.50. The number of anilines is 2. The van der Waals surface area contributed by atoms with Gasteiger partial charge >= 0.3 is 0 Å². The molecule has 104 valence electrons. The van der Waals surface area contributed by atoms with Crippen LogP contribution in [0, 0.1) is 0 Å². The largest absolute Gasteiger partial charge is 0.454 e. The highest BCUT2D eigenvalue weighted by atomic mass is 16.7. The predicted molar refractivity (Wildman–Crippen MR) is 74.7 cm³/mol. The summed E-state index contributed by atoms with van der Waals surface area (Å²) in [6.45, 7) is 2.29. The molecule has 0 saturated heterocycles. The van der Waals surface area contributed by atoms with Crippen LogP contribution in [0.15, 0.2) is 29.1 Å². The molecule has 1 aliphatic rings. The van der Waals surface area contributed by atoms with E-state index in [9.17, 15) is 4.79 Å². The van der Waals surface area contributed by atoms with Crippen molar-refractivity contribution in [3.63, 3.8) is 0 Å². The summed E-state index contributed by atoms with van der Waals surface area (Å²) >= 11 is 0. The number of aromatic amines is 1. The van der Waals surface area contributed by atoms with Crippen LogP contribution >= 0.6 is 0 Å². The summed E-state index contributed by atoms with van der Waals surface area (Å²) in [5.41, 5.74) is 1.40. The number of fused-ring (bicyclic) bond motifs is 1. The fourth-order valence-corrected chi connectivity index (χ4v) is 2.06. The zero-order chi connectivity index (χ0) is 13.9. The Kier molecular flexibility index (Phi) is 3.28. The summed E-state index contributed by atoms with van der Waals surface area (Å²) < 4.78 is 10.6. The highest BCUT2D eigenvalue weighted by molar-refractivity contribution is 5.60. The number of benzene rings is 1. The van der Waals surface area contributed by atoms with Crippen LogP contribution in [0.1, 0.15) is 19.0 Å². The number of nitrogens with one attached hydrogen (secondary N) is 2. The monoisotopic (exact) mass is 273 g/mol. The Balaban J connectivity index is 1.85. The van der Waals surface area contributed by atoms with Gasteiger partial charge in [-0.3, -0.25) is 9.78 Å². The van der Waals surface area contributed by atoms with Crippen molar-refractivity contribution in [2.24, 2.45) is 0 Å². The van der Waals surface area contributed by atoms with Gasteiger partial charge in [0.1, 0.15) is 0 Å². The molecule has 6 heteroatoms. The van der Waals surface area contributed by atoms with Crippen molar-refractivity contribution >= 4 is 11.6 Å². The molecule has 6 nitrogen and oxygen atoms in total. The van der Waals surface area contributed by atoms with Gasteiger partial charge in [0.15, 0.2) is 11.5 Å². The summed E-state index contributed by atoms with van der Waals surface area (Å²) in [6, 6.07) is 7.00. The van der Waals surface area contributed by atoms with Crippen LogP contribution < -0.4 is 20.3 Å². The fourth-order valence-electron chi connectivity index (χ4n) is 2.06. The first-order valence-corrected chi connectivity index (χ1v) is 6.51. The first-order valence-electron chi connectivity index (χ1n) is 6.51. The average Bonchev–Trinajstić information content (AvgIpc) is 2.85. The number of ether oxygens (including phenoxy) is 2. The van der Waals surface area contributed by atoms with Crippen molar-refractivity contribution < 1.29 is 9.47 Å². The number of rotatable bonds is 4. The standard InChI is InChI=1S/C14H15N3O3/c1-2-3-9-7-13(18)17-14(15-9)16-10-4-5-11-12(6-10)20-8-19-11/h4-7H,2-3,8H2,1H3,(H2,15,16,17,18). The molecule has 0 bridgehead atoms. The van der Waals surface area contributed by atoms with E-state index in [1.54, 1.807) is 0 Å². The second-order valence-corrected chi connectivity index (χ2v) is 4.53. The van der Waals surface area contributed by atoms with Gasteiger partial charge in [0.25, 0.3) is 5.56 Å². The lowest BCUT2D eigenvalue weighted by Gasteiger charge is -2.07. The first-order chi connectivity index (χ1) is 9.74. The van der Waals surface area contributed by atoms with Gasteiger partial charge in [-0.2, -0.15) is 0 Å². The molecular weight excluding hydrogens is 258 g/mol. The third-order valence-electron chi connectivity index (χ3n) is 2.94. The van der Waals surface area contributed by atoms with Gasteiger partial charge in [0.05, 0.1) is 0 Å². The Bertz CT molecular complexity index is 682. The lowest BCUT2D eigenvalue weighted by Crippen LogP contribution is -2.12. The van der Waals surface area contributed by atoms with Gasteiger partial charge in [-0.15, -0.1) is 0 Å². The van der Waals surface area contributed by atoms with Crippen molar-refractivity contribution in [1.29, 1.82) is 0 Å². The van der Waals surface area contributed by atoms with E-state index in [-0.39, 0.29) is 12.4 Å². The van der Waals surface area contributed by atoms with E-state index in [4.69, 9.17) is 9.47 Å². The minimum Gasteiger partial charge on any atom is -0.454 e. The van der Waals surface area contributed by atoms with Crippen molar-refractivity contribution in [2.75, 3.05) is 12.1 Å². The van der Waals surface area contributed by atoms with Gasteiger partial charge in [-0.25, -0.2) is 4.98 Å². The van der Waals surface area contributed by atoms with Gasteiger partial charge in [0, 0.05) is 23.5 Å². The molecule has 0 saturated carbocycles. The number of aryl methyl sites for hydroxylation is 1. The smallest absolute Gasteiger partial charge is 0.252 e. The van der Waals surface area contributed by atoms with Gasteiger partial charge in [0.2, 0.25) is 12.7 Å². The number of aromatic nitrogens is 2. The van der Waals surface area contributed by atoms with Crippen LogP contribution in [0.3, 0.4) is 0 Å². The first kappa shape index (κ1) is 12.5. The minimum absolute atomic E-state index is 0.160. The van der Waals surface area contributed by atoms with Gasteiger partial charge in [-0.05, 0) is 18.6 Å². The van der Waals surface area contributed by atoms with E-state index >= 15 is 0 Å². The second-order valence-electron chi connectivity index (χ2n) is 4.53. The third kappa shape index (κ3) is 2.59. The Morgan fingerprint density at radius 3 is 3.00 bits per heavy atom. The molecule has 3 rings (SSSR count). The van der Waals surface area contributed by atoms with E-state index in [1.165, 1.54) is 6.07 Å². The SMILES string of the molecule is CCCc1cc(=O)[nH]c(Nc2ccc3c(c2)OCO3)n1. The Labute approximate surface area is 115 Å². The molecule has 1 aromatic heterocycles. The van der Waals surface area contributed by atoms with Gasteiger partial charge < -0.3 is 14.8 Å². The molecule has 20 heavy (non-hydrogen) atoms. The number of H-pyrrole nitrogens is 1. The molecule has 0 amide bonds. The van der Waals surface area contributed by atoms with E-state index in [0.29, 0.717) is 11.7 Å². The molecule has 1 aromatic carbocycles. The van der Waals surface area contributed by atoms with Gasteiger partial charge in [-0.1, -0.05) is 13.3 Å². The lowest BCUT2D eigenvalue weighted by atomic mass is 10.2. The molecule has 0 fully saturated rings. The Morgan fingerprint density at radius 1 is 1.30 bits per heavy atom. The topological polar surface area (TPSA) is 76.2 Å². The van der Waals surface area contributed by atoms with E-state index in [1.807, 2.05) is 25.1 Å². The molecule has 1 aliphatic heterocycles.